The number of halogens is 2. The lowest BCUT2D eigenvalue weighted by molar-refractivity contribution is -0.133. The van der Waals surface area contributed by atoms with Gasteiger partial charge < -0.3 is 29.4 Å². The van der Waals surface area contributed by atoms with Crippen LogP contribution in [0.25, 0.3) is 0 Å². The van der Waals surface area contributed by atoms with Crippen LogP contribution in [0.3, 0.4) is 0 Å². The Morgan fingerprint density at radius 2 is 1.97 bits per heavy atom. The van der Waals surface area contributed by atoms with Crippen LogP contribution in [0, 0.1) is 11.7 Å². The topological polar surface area (TPSA) is 144 Å². The van der Waals surface area contributed by atoms with Crippen LogP contribution >= 0.6 is 11.6 Å². The molecule has 11 nitrogen and oxygen atoms in total. The average molecular weight is 562 g/mol. The predicted octanol–water partition coefficient (Wildman–Crippen LogP) is 1.95. The first kappa shape index (κ1) is 28.0. The number of esters is 1. The lowest BCUT2D eigenvalue weighted by Crippen LogP contribution is -2.60. The van der Waals surface area contributed by atoms with Crippen LogP contribution in [0.15, 0.2) is 41.3 Å². The number of hydrogen-bond acceptors (Lipinski definition) is 7. The third-order valence-corrected chi connectivity index (χ3v) is 7.07. The number of ether oxygens (including phenoxy) is 2. The fraction of sp³-hybridized carbons (Fsp3) is 0.346. The smallest absolute Gasteiger partial charge is 0.336 e. The molecule has 2 aliphatic rings. The lowest BCUT2D eigenvalue weighted by atomic mass is 9.67. The highest BCUT2D eigenvalue weighted by atomic mass is 35.5. The standard InChI is InChI=1S/C26H25ClFN3O8/c1-30-13-26(8-14(9-26)12-38-2)31-11-16(24(36)29-10-15-4-3-5-17(27)20(15)28)22(35)23(21(31)25(30)37)39-19(34)7-6-18(32)33/h3-7,11,14H,8-10,12-13H2,1-2H3,(H,29,36)(H,32,33)/b7-6+/t14-,26+. The van der Waals surface area contributed by atoms with E-state index in [9.17, 15) is 28.4 Å². The third-order valence-electron chi connectivity index (χ3n) is 6.78. The van der Waals surface area contributed by atoms with Crippen LogP contribution in [0.5, 0.6) is 5.75 Å². The lowest BCUT2D eigenvalue weighted by Gasteiger charge is -2.54. The number of carbonyl (C=O) groups excluding carboxylic acids is 3. The zero-order valence-corrected chi connectivity index (χ0v) is 21.8. The van der Waals surface area contributed by atoms with Crippen LogP contribution in [0.1, 0.15) is 39.3 Å². The maximum absolute atomic E-state index is 14.3. The second-order valence-electron chi connectivity index (χ2n) is 9.52. The largest absolute Gasteiger partial charge is 0.478 e. The monoisotopic (exact) mass is 561 g/mol. The summed E-state index contributed by atoms with van der Waals surface area (Å²) in [5, 5.41) is 11.1. The van der Waals surface area contributed by atoms with Crippen molar-refractivity contribution in [1.29, 1.82) is 0 Å². The molecule has 2 heterocycles. The molecular formula is C26H25ClFN3O8. The average Bonchev–Trinajstić information content (AvgIpc) is 2.86. The Morgan fingerprint density at radius 1 is 1.26 bits per heavy atom. The summed E-state index contributed by atoms with van der Waals surface area (Å²) in [7, 11) is 3.11. The summed E-state index contributed by atoms with van der Waals surface area (Å²) in [4.78, 5) is 64.4. The minimum Gasteiger partial charge on any atom is -0.478 e. The molecule has 0 unspecified atom stereocenters. The first-order chi connectivity index (χ1) is 18.5. The minimum atomic E-state index is -1.43. The molecule has 0 bridgehead atoms. The number of likely N-dealkylation sites (N-methyl/N-ethyl adjacent to an activating group) is 1. The molecule has 13 heteroatoms. The van der Waals surface area contributed by atoms with Gasteiger partial charge in [0.05, 0.1) is 10.6 Å². The molecule has 0 radical (unpaired) electrons. The zero-order chi connectivity index (χ0) is 28.5. The summed E-state index contributed by atoms with van der Waals surface area (Å²) < 4.78 is 26.2. The van der Waals surface area contributed by atoms with Crippen molar-refractivity contribution in [3.8, 4) is 5.75 Å². The SMILES string of the molecule is COC[C@H]1C[C@]2(CN(C)C(=O)c3c(OC(=O)/C=C/C(=O)O)c(=O)c(C(=O)NCc4cccc(Cl)c4F)cn32)C1. The number of nitrogens with zero attached hydrogens (tertiary/aromatic N) is 2. The summed E-state index contributed by atoms with van der Waals surface area (Å²) in [6, 6.07) is 4.26. The molecule has 206 valence electrons. The summed E-state index contributed by atoms with van der Waals surface area (Å²) in [5.41, 5.74) is -2.37. The van der Waals surface area contributed by atoms with Gasteiger partial charge in [-0.3, -0.25) is 14.4 Å². The Kier molecular flexibility index (Phi) is 7.89. The molecule has 1 aliphatic carbocycles. The molecule has 1 spiro atoms. The van der Waals surface area contributed by atoms with Gasteiger partial charge in [0.2, 0.25) is 11.2 Å². The quantitative estimate of drug-likeness (QED) is 0.368. The molecule has 4 rings (SSSR count). The van der Waals surface area contributed by atoms with Crippen molar-refractivity contribution in [2.24, 2.45) is 5.92 Å². The number of benzene rings is 1. The molecule has 0 saturated heterocycles. The Bertz CT molecular complexity index is 1450. The number of carboxylic acid groups (broad SMARTS) is 1. The molecular weight excluding hydrogens is 537 g/mol. The molecule has 2 N–H and O–H groups in total. The number of rotatable bonds is 8. The van der Waals surface area contributed by atoms with E-state index < -0.39 is 51.9 Å². The molecule has 2 amide bonds. The van der Waals surface area contributed by atoms with Crippen LogP contribution < -0.4 is 15.5 Å². The van der Waals surface area contributed by atoms with E-state index in [2.05, 4.69) is 5.32 Å². The van der Waals surface area contributed by atoms with Crippen molar-refractivity contribution >= 4 is 35.4 Å². The molecule has 1 aromatic carbocycles. The number of fused-ring (bicyclic) bond motifs is 2. The van der Waals surface area contributed by atoms with Crippen molar-refractivity contribution in [2.75, 3.05) is 27.3 Å². The fourth-order valence-electron chi connectivity index (χ4n) is 5.12. The summed E-state index contributed by atoms with van der Waals surface area (Å²) in [5.74, 6) is -5.46. The van der Waals surface area contributed by atoms with Crippen LogP contribution in [-0.2, 0) is 26.4 Å². The first-order valence-electron chi connectivity index (χ1n) is 11.9. The maximum atomic E-state index is 14.3. The zero-order valence-electron chi connectivity index (χ0n) is 21.0. The van der Waals surface area contributed by atoms with Crippen LogP contribution in [0.2, 0.25) is 5.02 Å². The Labute approximate surface area is 226 Å². The predicted molar refractivity (Wildman–Crippen MR) is 135 cm³/mol. The highest BCUT2D eigenvalue weighted by molar-refractivity contribution is 6.30. The van der Waals surface area contributed by atoms with E-state index >= 15 is 0 Å². The number of amides is 2. The van der Waals surface area contributed by atoms with Crippen LogP contribution in [-0.4, -0.2) is 65.6 Å². The van der Waals surface area contributed by atoms with Crippen molar-refractivity contribution in [1.82, 2.24) is 14.8 Å². The number of nitrogens with one attached hydrogen (secondary N) is 1. The van der Waals surface area contributed by atoms with Gasteiger partial charge >= 0.3 is 11.9 Å². The minimum absolute atomic E-state index is 0.0778. The van der Waals surface area contributed by atoms with Crippen molar-refractivity contribution in [3.05, 3.63) is 74.4 Å². The van der Waals surface area contributed by atoms with Gasteiger partial charge in [0.1, 0.15) is 11.4 Å². The van der Waals surface area contributed by atoms with E-state index in [-0.39, 0.29) is 35.3 Å². The van der Waals surface area contributed by atoms with Gasteiger partial charge in [0, 0.05) is 57.8 Å². The highest BCUT2D eigenvalue weighted by Gasteiger charge is 2.52. The van der Waals surface area contributed by atoms with E-state index in [1.807, 2.05) is 0 Å². The Hall–Kier alpha value is -4.03. The number of aromatic nitrogens is 1. The van der Waals surface area contributed by atoms with Gasteiger partial charge in [0.25, 0.3) is 11.8 Å². The molecule has 39 heavy (non-hydrogen) atoms. The second kappa shape index (κ2) is 11.0. The van der Waals surface area contributed by atoms with Gasteiger partial charge in [-0.05, 0) is 24.8 Å². The summed E-state index contributed by atoms with van der Waals surface area (Å²) in [6.45, 7) is 0.434. The van der Waals surface area contributed by atoms with E-state index in [0.717, 1.165) is 0 Å². The molecule has 1 fully saturated rings. The molecule has 1 saturated carbocycles. The van der Waals surface area contributed by atoms with Crippen LogP contribution in [0.4, 0.5) is 4.39 Å². The van der Waals surface area contributed by atoms with Gasteiger partial charge in [0.15, 0.2) is 5.69 Å². The second-order valence-corrected chi connectivity index (χ2v) is 9.93. The fourth-order valence-corrected chi connectivity index (χ4v) is 5.31. The van der Waals surface area contributed by atoms with Gasteiger partial charge in [-0.25, -0.2) is 14.0 Å². The number of methoxy groups -OCH3 is 1. The van der Waals surface area contributed by atoms with Gasteiger partial charge in [-0.1, -0.05) is 23.7 Å². The molecule has 1 aromatic heterocycles. The number of carbonyl (C=O) groups is 4. The number of aliphatic carboxylic acids is 1. The maximum Gasteiger partial charge on any atom is 0.336 e. The number of carboxylic acids is 1. The van der Waals surface area contributed by atoms with E-state index in [1.54, 1.807) is 7.11 Å². The van der Waals surface area contributed by atoms with Gasteiger partial charge in [-0.15, -0.1) is 0 Å². The molecule has 1 aliphatic heterocycles. The Morgan fingerprint density at radius 3 is 2.64 bits per heavy atom. The molecule has 0 atom stereocenters. The highest BCUT2D eigenvalue weighted by Crippen LogP contribution is 2.48. The van der Waals surface area contributed by atoms with Crippen molar-refractivity contribution in [3.63, 3.8) is 0 Å². The van der Waals surface area contributed by atoms with Crippen molar-refractivity contribution < 1.29 is 38.1 Å². The van der Waals surface area contributed by atoms with E-state index in [1.165, 1.54) is 40.9 Å². The van der Waals surface area contributed by atoms with E-state index in [0.29, 0.717) is 31.6 Å². The van der Waals surface area contributed by atoms with Gasteiger partial charge in [-0.2, -0.15) is 0 Å². The normalized spacial score (nSPS) is 20.1. The Balaban J connectivity index is 1.79. The van der Waals surface area contributed by atoms with Crippen molar-refractivity contribution in [2.45, 2.75) is 24.9 Å². The number of hydrogen-bond donors (Lipinski definition) is 2. The third kappa shape index (κ3) is 5.43. The first-order valence-corrected chi connectivity index (χ1v) is 12.2. The summed E-state index contributed by atoms with van der Waals surface area (Å²) >= 11 is 5.80. The van der Waals surface area contributed by atoms with E-state index in [4.69, 9.17) is 26.2 Å². The molecule has 2 aromatic rings. The summed E-state index contributed by atoms with van der Waals surface area (Å²) in [6.07, 6.45) is 3.45. The number of pyridine rings is 1.